The lowest BCUT2D eigenvalue weighted by atomic mass is 10.1. The van der Waals surface area contributed by atoms with E-state index in [2.05, 4.69) is 14.8 Å². The first-order valence-electron chi connectivity index (χ1n) is 8.37. The van der Waals surface area contributed by atoms with Crippen molar-refractivity contribution >= 4 is 21.1 Å². The van der Waals surface area contributed by atoms with E-state index in [1.165, 1.54) is 21.3 Å². The van der Waals surface area contributed by atoms with Crippen molar-refractivity contribution in [1.29, 1.82) is 0 Å². The molecule has 10 heteroatoms. The number of aromatic nitrogens is 5. The van der Waals surface area contributed by atoms with Crippen LogP contribution in [-0.4, -0.2) is 32.3 Å². The molecular weight excluding hydrogens is 356 g/mol. The van der Waals surface area contributed by atoms with Crippen LogP contribution in [0.15, 0.2) is 27.9 Å². The van der Waals surface area contributed by atoms with Crippen molar-refractivity contribution in [3.05, 3.63) is 40.3 Å². The monoisotopic (exact) mass is 376 g/mol. The number of hydrogen-bond donors (Lipinski definition) is 1. The van der Waals surface area contributed by atoms with Crippen LogP contribution < -0.4 is 10.4 Å². The summed E-state index contributed by atoms with van der Waals surface area (Å²) in [6.07, 6.45) is 1.50. The minimum absolute atomic E-state index is 0.125. The summed E-state index contributed by atoms with van der Waals surface area (Å²) in [7, 11) is -0.474. The third kappa shape index (κ3) is 2.56. The third-order valence-corrected chi connectivity index (χ3v) is 6.30. The minimum Gasteiger partial charge on any atom is -0.295 e. The summed E-state index contributed by atoms with van der Waals surface area (Å²) in [6, 6.07) is 4.28. The SMILES string of the molecule is Cc1nc2n(n1)CCC[C@H]2NS(=O)(=O)c1ccc2c(c1)n(C)c(=O)n2C. The van der Waals surface area contributed by atoms with E-state index < -0.39 is 16.1 Å². The van der Waals surface area contributed by atoms with Crippen LogP contribution in [0.3, 0.4) is 0 Å². The fourth-order valence-corrected chi connectivity index (χ4v) is 4.74. The van der Waals surface area contributed by atoms with Crippen LogP contribution >= 0.6 is 0 Å². The molecule has 1 N–H and O–H groups in total. The van der Waals surface area contributed by atoms with E-state index in [0.717, 1.165) is 13.0 Å². The van der Waals surface area contributed by atoms with Gasteiger partial charge < -0.3 is 0 Å². The van der Waals surface area contributed by atoms with Gasteiger partial charge in [-0.3, -0.25) is 9.13 Å². The number of benzene rings is 1. The molecule has 0 unspecified atom stereocenters. The lowest BCUT2D eigenvalue weighted by Crippen LogP contribution is -2.33. The second kappa shape index (κ2) is 5.78. The Hall–Kier alpha value is -2.46. The summed E-state index contributed by atoms with van der Waals surface area (Å²) in [5.74, 6) is 1.28. The van der Waals surface area contributed by atoms with Crippen molar-refractivity contribution in [3.8, 4) is 0 Å². The summed E-state index contributed by atoms with van der Waals surface area (Å²) in [5.41, 5.74) is 1.06. The molecular formula is C16H20N6O3S. The number of nitrogens with zero attached hydrogens (tertiary/aromatic N) is 5. The predicted molar refractivity (Wildman–Crippen MR) is 95.2 cm³/mol. The van der Waals surface area contributed by atoms with Crippen molar-refractivity contribution < 1.29 is 8.42 Å². The summed E-state index contributed by atoms with van der Waals surface area (Å²) >= 11 is 0. The van der Waals surface area contributed by atoms with Gasteiger partial charge in [-0.2, -0.15) is 5.10 Å². The second-order valence-electron chi connectivity index (χ2n) is 6.61. The fraction of sp³-hybridized carbons (Fsp3) is 0.438. The first-order valence-corrected chi connectivity index (χ1v) is 9.85. The maximum Gasteiger partial charge on any atom is 0.328 e. The van der Waals surface area contributed by atoms with E-state index in [1.807, 2.05) is 0 Å². The number of imidazole rings is 1. The molecule has 4 rings (SSSR count). The Morgan fingerprint density at radius 3 is 2.69 bits per heavy atom. The molecule has 1 aliphatic heterocycles. The van der Waals surface area contributed by atoms with E-state index in [1.54, 1.807) is 31.8 Å². The van der Waals surface area contributed by atoms with Gasteiger partial charge in [-0.1, -0.05) is 0 Å². The summed E-state index contributed by atoms with van der Waals surface area (Å²) in [4.78, 5) is 16.5. The zero-order chi connectivity index (χ0) is 18.6. The second-order valence-corrected chi connectivity index (χ2v) is 8.32. The summed E-state index contributed by atoms with van der Waals surface area (Å²) in [6.45, 7) is 2.53. The van der Waals surface area contributed by atoms with Gasteiger partial charge in [0, 0.05) is 20.6 Å². The van der Waals surface area contributed by atoms with E-state index in [0.29, 0.717) is 29.1 Å². The zero-order valence-corrected chi connectivity index (χ0v) is 15.6. The van der Waals surface area contributed by atoms with Crippen molar-refractivity contribution in [3.63, 3.8) is 0 Å². The molecule has 0 fully saturated rings. The molecule has 1 aliphatic rings. The lowest BCUT2D eigenvalue weighted by Gasteiger charge is -2.23. The molecule has 2 aromatic heterocycles. The largest absolute Gasteiger partial charge is 0.328 e. The van der Waals surface area contributed by atoms with Gasteiger partial charge in [0.25, 0.3) is 0 Å². The average molecular weight is 376 g/mol. The Balaban J connectivity index is 1.73. The number of rotatable bonds is 3. The summed E-state index contributed by atoms with van der Waals surface area (Å²) in [5, 5.41) is 4.30. The Morgan fingerprint density at radius 1 is 1.19 bits per heavy atom. The van der Waals surface area contributed by atoms with Gasteiger partial charge in [-0.25, -0.2) is 27.6 Å². The van der Waals surface area contributed by atoms with Gasteiger partial charge in [-0.05, 0) is 38.0 Å². The molecule has 3 heterocycles. The highest BCUT2D eigenvalue weighted by molar-refractivity contribution is 7.89. The molecule has 0 radical (unpaired) electrons. The first kappa shape index (κ1) is 17.0. The molecule has 1 aromatic carbocycles. The van der Waals surface area contributed by atoms with Gasteiger partial charge in [0.1, 0.15) is 11.6 Å². The van der Waals surface area contributed by atoms with Gasteiger partial charge in [0.15, 0.2) is 0 Å². The minimum atomic E-state index is -3.76. The number of hydrogen-bond acceptors (Lipinski definition) is 5. The van der Waals surface area contributed by atoms with Gasteiger partial charge >= 0.3 is 5.69 Å². The highest BCUT2D eigenvalue weighted by atomic mass is 32.2. The molecule has 1 atom stereocenters. The zero-order valence-electron chi connectivity index (χ0n) is 14.8. The number of sulfonamides is 1. The molecule has 0 saturated heterocycles. The Labute approximate surface area is 150 Å². The van der Waals surface area contributed by atoms with Crippen molar-refractivity contribution in [2.45, 2.75) is 37.2 Å². The molecule has 26 heavy (non-hydrogen) atoms. The number of aryl methyl sites for hydroxylation is 4. The quantitative estimate of drug-likeness (QED) is 0.720. The van der Waals surface area contributed by atoms with E-state index in [4.69, 9.17) is 0 Å². The number of fused-ring (bicyclic) bond motifs is 2. The van der Waals surface area contributed by atoms with E-state index in [9.17, 15) is 13.2 Å². The van der Waals surface area contributed by atoms with Crippen molar-refractivity contribution in [2.75, 3.05) is 0 Å². The standard InChI is InChI=1S/C16H20N6O3S/c1-10-17-15-12(5-4-8-22(15)18-10)19-26(24,25)11-6-7-13-14(9-11)21(3)16(23)20(13)2/h6-7,9,12,19H,4-5,8H2,1-3H3/t12-/m1/s1. The Morgan fingerprint density at radius 2 is 1.92 bits per heavy atom. The van der Waals surface area contributed by atoms with Crippen molar-refractivity contribution in [1.82, 2.24) is 28.6 Å². The van der Waals surface area contributed by atoms with E-state index >= 15 is 0 Å². The van der Waals surface area contributed by atoms with Crippen LogP contribution in [-0.2, 0) is 30.7 Å². The molecule has 0 aliphatic carbocycles. The van der Waals surface area contributed by atoms with Gasteiger partial charge in [0.05, 0.1) is 22.0 Å². The molecule has 0 saturated carbocycles. The lowest BCUT2D eigenvalue weighted by molar-refractivity contribution is 0.399. The molecule has 0 amide bonds. The molecule has 3 aromatic rings. The maximum absolute atomic E-state index is 12.9. The summed E-state index contributed by atoms with van der Waals surface area (Å²) < 4.78 is 33.2. The van der Waals surface area contributed by atoms with Crippen LogP contribution in [0.5, 0.6) is 0 Å². The average Bonchev–Trinajstić information content (AvgIpc) is 3.09. The molecule has 138 valence electrons. The van der Waals surface area contributed by atoms with Crippen LogP contribution in [0.25, 0.3) is 11.0 Å². The van der Waals surface area contributed by atoms with Crippen molar-refractivity contribution in [2.24, 2.45) is 14.1 Å². The fourth-order valence-electron chi connectivity index (χ4n) is 3.49. The van der Waals surface area contributed by atoms with Gasteiger partial charge in [-0.15, -0.1) is 0 Å². The normalized spacial score (nSPS) is 17.6. The van der Waals surface area contributed by atoms with Gasteiger partial charge in [0.2, 0.25) is 10.0 Å². The van der Waals surface area contributed by atoms with Crippen LogP contribution in [0, 0.1) is 6.92 Å². The molecule has 9 nitrogen and oxygen atoms in total. The Kier molecular flexibility index (Phi) is 3.77. The Bertz CT molecular complexity index is 1170. The smallest absolute Gasteiger partial charge is 0.295 e. The third-order valence-electron chi connectivity index (χ3n) is 4.83. The molecule has 0 spiro atoms. The van der Waals surface area contributed by atoms with E-state index in [-0.39, 0.29) is 10.6 Å². The topological polar surface area (TPSA) is 104 Å². The van der Waals surface area contributed by atoms with Crippen LogP contribution in [0.4, 0.5) is 0 Å². The first-order chi connectivity index (χ1) is 12.3. The highest BCUT2D eigenvalue weighted by Gasteiger charge is 2.28. The molecule has 0 bridgehead atoms. The highest BCUT2D eigenvalue weighted by Crippen LogP contribution is 2.26. The van der Waals surface area contributed by atoms with Crippen LogP contribution in [0.1, 0.15) is 30.5 Å². The number of nitrogens with one attached hydrogen (secondary N) is 1. The predicted octanol–water partition coefficient (Wildman–Crippen LogP) is 0.590. The maximum atomic E-state index is 12.9. The van der Waals surface area contributed by atoms with Crippen LogP contribution in [0.2, 0.25) is 0 Å².